The fourth-order valence-electron chi connectivity index (χ4n) is 7.57. The van der Waals surface area contributed by atoms with E-state index in [0.717, 1.165) is 42.5 Å². The summed E-state index contributed by atoms with van der Waals surface area (Å²) in [6, 6.07) is 13.4. The van der Waals surface area contributed by atoms with Gasteiger partial charge in [0.2, 0.25) is 5.91 Å². The smallest absolute Gasteiger partial charge is 0.248 e. The molecule has 2 aromatic carbocycles. The van der Waals surface area contributed by atoms with Crippen molar-refractivity contribution in [1.82, 2.24) is 0 Å². The van der Waals surface area contributed by atoms with Gasteiger partial charge in [-0.3, -0.25) is 4.79 Å². The second-order valence-electron chi connectivity index (χ2n) is 13.0. The number of primary amides is 1. The van der Waals surface area contributed by atoms with Gasteiger partial charge in [-0.05, 0) is 93.0 Å². The second kappa shape index (κ2) is 13.5. The molecular formula is C36H48N2O5S. The van der Waals surface area contributed by atoms with Crippen LogP contribution in [0.25, 0.3) is 0 Å². The summed E-state index contributed by atoms with van der Waals surface area (Å²) in [5.41, 5.74) is 8.19. The average Bonchev–Trinajstić information content (AvgIpc) is 3.15. The lowest BCUT2D eigenvalue weighted by Crippen LogP contribution is -2.59. The molecule has 0 aromatic heterocycles. The van der Waals surface area contributed by atoms with Crippen molar-refractivity contribution in [2.24, 2.45) is 17.6 Å². The molecule has 44 heavy (non-hydrogen) atoms. The number of nitrogens with two attached hydrogens (primary N) is 1. The average molecular weight is 621 g/mol. The highest BCUT2D eigenvalue weighted by Crippen LogP contribution is 2.48. The van der Waals surface area contributed by atoms with Crippen LogP contribution in [0.1, 0.15) is 80.3 Å². The van der Waals surface area contributed by atoms with Crippen LogP contribution in [0, 0.1) is 11.8 Å². The van der Waals surface area contributed by atoms with E-state index in [4.69, 9.17) is 10.5 Å². The number of aliphatic hydroxyl groups is 1. The van der Waals surface area contributed by atoms with Crippen LogP contribution in [0.5, 0.6) is 5.75 Å². The number of unbranched alkanes of at least 4 members (excludes halogenated alkanes) is 1. The summed E-state index contributed by atoms with van der Waals surface area (Å²) >= 11 is 0. The molecular weight excluding hydrogens is 572 g/mol. The van der Waals surface area contributed by atoms with Crippen molar-refractivity contribution in [1.29, 1.82) is 0 Å². The molecule has 2 aromatic rings. The molecule has 1 spiro atoms. The zero-order chi connectivity index (χ0) is 31.5. The molecule has 7 nitrogen and oxygen atoms in total. The Morgan fingerprint density at radius 3 is 2.70 bits per heavy atom. The third-order valence-corrected chi connectivity index (χ3v) is 13.1. The first-order valence-electron chi connectivity index (χ1n) is 16.2. The molecule has 6 atom stereocenters. The summed E-state index contributed by atoms with van der Waals surface area (Å²) in [5.74, 6) is 0.411. The van der Waals surface area contributed by atoms with Gasteiger partial charge in [-0.25, -0.2) is 8.42 Å². The molecule has 2 unspecified atom stereocenters. The van der Waals surface area contributed by atoms with E-state index in [1.807, 2.05) is 25.1 Å². The maximum absolute atomic E-state index is 14.5. The molecule has 0 bridgehead atoms. The van der Waals surface area contributed by atoms with Crippen LogP contribution in [0.4, 0.5) is 5.69 Å². The van der Waals surface area contributed by atoms with Gasteiger partial charge in [0.1, 0.15) is 12.4 Å². The Balaban J connectivity index is 1.59. The molecule has 1 saturated carbocycles. The molecule has 238 valence electrons. The Labute approximate surface area is 263 Å². The quantitative estimate of drug-likeness (QED) is 0.293. The highest BCUT2D eigenvalue weighted by atomic mass is 32.2. The van der Waals surface area contributed by atoms with Crippen LogP contribution < -0.4 is 15.4 Å². The minimum atomic E-state index is -3.57. The van der Waals surface area contributed by atoms with Crippen LogP contribution in [0.15, 0.2) is 67.3 Å². The number of nitrogens with zero attached hydrogens (tertiary/aromatic N) is 1. The lowest BCUT2D eigenvalue weighted by Gasteiger charge is -2.48. The molecule has 1 amide bonds. The Kier molecular flexibility index (Phi) is 9.90. The summed E-state index contributed by atoms with van der Waals surface area (Å²) in [6.07, 6.45) is 11.5. The van der Waals surface area contributed by atoms with Gasteiger partial charge in [-0.2, -0.15) is 0 Å². The Morgan fingerprint density at radius 2 is 2.00 bits per heavy atom. The highest BCUT2D eigenvalue weighted by molar-refractivity contribution is 7.92. The minimum absolute atomic E-state index is 0.114. The first-order chi connectivity index (χ1) is 21.1. The lowest BCUT2D eigenvalue weighted by molar-refractivity contribution is 0.0456. The van der Waals surface area contributed by atoms with Gasteiger partial charge in [0, 0.05) is 18.7 Å². The second-order valence-corrected chi connectivity index (χ2v) is 15.6. The molecule has 0 saturated heterocycles. The number of amides is 1. The number of hydrogen-bond donors (Lipinski definition) is 2. The van der Waals surface area contributed by atoms with Crippen LogP contribution >= 0.6 is 0 Å². The minimum Gasteiger partial charge on any atom is -0.490 e. The summed E-state index contributed by atoms with van der Waals surface area (Å²) in [7, 11) is -3.57. The number of carbonyl (C=O) groups is 1. The third kappa shape index (κ3) is 6.20. The summed E-state index contributed by atoms with van der Waals surface area (Å²) in [4.78, 5) is 14.5. The van der Waals surface area contributed by atoms with E-state index in [2.05, 4.69) is 36.6 Å². The normalized spacial score (nSPS) is 26.2. The predicted octanol–water partition coefficient (Wildman–Crippen LogP) is 5.75. The Hall–Kier alpha value is -3.10. The maximum Gasteiger partial charge on any atom is 0.248 e. The number of rotatable bonds is 12. The number of ether oxygens (including phenoxy) is 1. The zero-order valence-corrected chi connectivity index (χ0v) is 27.0. The van der Waals surface area contributed by atoms with Crippen LogP contribution in [0.3, 0.4) is 0 Å². The predicted molar refractivity (Wildman–Crippen MR) is 177 cm³/mol. The standard InChI is InChI=1S/C36H48N2O5S/c1-4-6-8-14-32(39)29-18-15-28(29)22-38-23-36(24-43-33-19-16-27(35(37)40)21-31(33)38)30-13-10-9-12-26(30)17-20-34(36)44(41,42)25(3)11-7-5-2/h5,8-10,12-14,16,19,21,25,28-29,32,34,39H,2,4,6-7,11,15,17-18,20,22-24H2,1,3H3,(H2,37,40)/b14-8+/t25-,28+,29-,32+,34?,36?/m1/s1. The van der Waals surface area contributed by atoms with Crippen molar-refractivity contribution < 1.29 is 23.1 Å². The summed E-state index contributed by atoms with van der Waals surface area (Å²) in [6.45, 7) is 8.99. The Morgan fingerprint density at radius 1 is 1.20 bits per heavy atom. The molecule has 2 aliphatic carbocycles. The van der Waals surface area contributed by atoms with Gasteiger partial charge in [0.15, 0.2) is 9.84 Å². The van der Waals surface area contributed by atoms with E-state index < -0.39 is 37.8 Å². The SMILES string of the molecule is C=CCC[C@@H](C)S(=O)(=O)C1CCc2ccccc2C12COc1ccc(C(N)=O)cc1N(C[C@@H]1CC[C@H]1[C@@H](O)/C=C/CCC)C2. The van der Waals surface area contributed by atoms with Crippen molar-refractivity contribution in [2.75, 3.05) is 24.6 Å². The summed E-state index contributed by atoms with van der Waals surface area (Å²) in [5, 5.41) is 9.88. The molecule has 5 rings (SSSR count). The number of aliphatic hydroxyl groups excluding tert-OH is 1. The van der Waals surface area contributed by atoms with E-state index in [0.29, 0.717) is 50.1 Å². The van der Waals surface area contributed by atoms with Crippen molar-refractivity contribution in [2.45, 2.75) is 87.2 Å². The molecule has 3 aliphatic rings. The van der Waals surface area contributed by atoms with Crippen LogP contribution in [-0.4, -0.2) is 55.7 Å². The molecule has 1 fully saturated rings. The molecule has 8 heteroatoms. The molecule has 0 radical (unpaired) electrons. The first-order valence-corrected chi connectivity index (χ1v) is 17.8. The van der Waals surface area contributed by atoms with E-state index in [1.54, 1.807) is 24.3 Å². The fraction of sp³-hybridized carbons (Fsp3) is 0.528. The fourth-order valence-corrected chi connectivity index (χ4v) is 9.94. The first kappa shape index (κ1) is 32.3. The lowest BCUT2D eigenvalue weighted by atomic mass is 9.68. The number of hydrogen-bond acceptors (Lipinski definition) is 6. The van der Waals surface area contributed by atoms with Crippen molar-refractivity contribution in [3.05, 3.63) is 84.0 Å². The number of anilines is 1. The largest absolute Gasteiger partial charge is 0.490 e. The van der Waals surface area contributed by atoms with Gasteiger partial charge in [-0.15, -0.1) is 6.58 Å². The number of fused-ring (bicyclic) bond motifs is 3. The third-order valence-electron chi connectivity index (χ3n) is 10.3. The number of sulfone groups is 1. The van der Waals surface area contributed by atoms with Crippen molar-refractivity contribution in [3.63, 3.8) is 0 Å². The summed E-state index contributed by atoms with van der Waals surface area (Å²) < 4.78 is 35.5. The van der Waals surface area contributed by atoms with Gasteiger partial charge >= 0.3 is 0 Å². The van der Waals surface area contributed by atoms with E-state index in [1.165, 1.54) is 0 Å². The van der Waals surface area contributed by atoms with Gasteiger partial charge in [0.25, 0.3) is 0 Å². The van der Waals surface area contributed by atoms with Crippen molar-refractivity contribution >= 4 is 21.4 Å². The van der Waals surface area contributed by atoms with Gasteiger partial charge < -0.3 is 20.5 Å². The van der Waals surface area contributed by atoms with Crippen LogP contribution in [0.2, 0.25) is 0 Å². The van der Waals surface area contributed by atoms with E-state index in [9.17, 15) is 18.3 Å². The number of allylic oxidation sites excluding steroid dienone is 2. The Bertz CT molecular complexity index is 1490. The van der Waals surface area contributed by atoms with E-state index in [-0.39, 0.29) is 18.4 Å². The number of aryl methyl sites for hydroxylation is 1. The van der Waals surface area contributed by atoms with Gasteiger partial charge in [0.05, 0.1) is 27.7 Å². The number of carbonyl (C=O) groups excluding carboxylic acids is 1. The van der Waals surface area contributed by atoms with E-state index >= 15 is 0 Å². The maximum atomic E-state index is 14.5. The molecule has 1 aliphatic heterocycles. The zero-order valence-electron chi connectivity index (χ0n) is 26.2. The molecule has 1 heterocycles. The number of benzene rings is 2. The monoisotopic (exact) mass is 620 g/mol. The van der Waals surface area contributed by atoms with Crippen molar-refractivity contribution in [3.8, 4) is 5.75 Å². The van der Waals surface area contributed by atoms with Gasteiger partial charge in [-0.1, -0.05) is 55.8 Å². The van der Waals surface area contributed by atoms with Crippen LogP contribution in [-0.2, 0) is 21.7 Å². The highest BCUT2D eigenvalue weighted by Gasteiger charge is 2.54. The topological polar surface area (TPSA) is 110 Å². The molecule has 3 N–H and O–H groups in total.